The van der Waals surface area contributed by atoms with Gasteiger partial charge in [0.25, 0.3) is 0 Å². The molecule has 0 radical (unpaired) electrons. The molecule has 1 atom stereocenters. The van der Waals surface area contributed by atoms with Crippen molar-refractivity contribution in [3.63, 3.8) is 0 Å². The lowest BCUT2D eigenvalue weighted by Gasteiger charge is -2.09. The maximum Gasteiger partial charge on any atom is 0.201 e. The predicted molar refractivity (Wildman–Crippen MR) is 83.4 cm³/mol. The van der Waals surface area contributed by atoms with E-state index in [1.807, 2.05) is 17.5 Å². The molecular weight excluding hydrogens is 286 g/mol. The highest BCUT2D eigenvalue weighted by Crippen LogP contribution is 2.26. The predicted octanol–water partition coefficient (Wildman–Crippen LogP) is 2.06. The molecule has 2 rings (SSSR count). The van der Waals surface area contributed by atoms with E-state index in [4.69, 9.17) is 16.4 Å². The summed E-state index contributed by atoms with van der Waals surface area (Å²) in [5.74, 6) is -0.394. The van der Waals surface area contributed by atoms with Gasteiger partial charge in [-0.3, -0.25) is 10.8 Å². The number of aliphatic hydroxyl groups excluding tert-OH is 1. The molecule has 0 saturated carbocycles. The van der Waals surface area contributed by atoms with Crippen LogP contribution in [0, 0.1) is 16.7 Å². The molecule has 5 N–H and O–H groups in total. The third kappa shape index (κ3) is 3.66. The highest BCUT2D eigenvalue weighted by Gasteiger charge is 2.10. The molecule has 106 valence electrons. The van der Waals surface area contributed by atoms with E-state index >= 15 is 0 Å². The molecule has 1 heterocycles. The maximum absolute atomic E-state index is 10.2. The fraction of sp³-hybridized carbons (Fsp3) is 0.0714. The minimum absolute atomic E-state index is 0.183. The van der Waals surface area contributed by atoms with Gasteiger partial charge < -0.3 is 10.8 Å². The number of nitrogens with two attached hydrogens (primary N) is 1. The highest BCUT2D eigenvalue weighted by atomic mass is 32.1. The Balaban J connectivity index is 2.09. The third-order valence-electron chi connectivity index (χ3n) is 2.70. The Kier molecular flexibility index (Phi) is 4.66. The molecule has 0 spiro atoms. The zero-order valence-corrected chi connectivity index (χ0v) is 11.8. The number of aliphatic hydroxyl groups is 1. The second-order valence-corrected chi connectivity index (χ2v) is 5.12. The molecule has 0 aliphatic heterocycles. The molecule has 1 aromatic carbocycles. The Morgan fingerprint density at radius 3 is 2.62 bits per heavy atom. The van der Waals surface area contributed by atoms with Crippen molar-refractivity contribution < 1.29 is 5.11 Å². The molecule has 0 fully saturated rings. The van der Waals surface area contributed by atoms with E-state index in [2.05, 4.69) is 10.5 Å². The minimum atomic E-state index is -0.658. The second-order valence-electron chi connectivity index (χ2n) is 4.14. The number of nitrogens with zero attached hydrogens (tertiary/aromatic N) is 2. The van der Waals surface area contributed by atoms with Crippen LogP contribution in [-0.2, 0) is 0 Å². The van der Waals surface area contributed by atoms with Crippen LogP contribution in [0.5, 0.6) is 0 Å². The fourth-order valence-corrected chi connectivity index (χ4v) is 2.35. The summed E-state index contributed by atoms with van der Waals surface area (Å²) in [5, 5.41) is 31.7. The number of hydrogen-bond donors (Lipinski definition) is 4. The van der Waals surface area contributed by atoms with Crippen LogP contribution in [0.3, 0.4) is 0 Å². The molecule has 1 unspecified atom stereocenters. The van der Waals surface area contributed by atoms with Crippen LogP contribution in [0.4, 0.5) is 5.69 Å². The lowest BCUT2D eigenvalue weighted by atomic mass is 10.1. The van der Waals surface area contributed by atoms with Gasteiger partial charge in [-0.25, -0.2) is 0 Å². The zero-order valence-electron chi connectivity index (χ0n) is 10.9. The van der Waals surface area contributed by atoms with E-state index in [1.165, 1.54) is 11.3 Å². The Hall–Kier alpha value is -2.69. The van der Waals surface area contributed by atoms with Crippen LogP contribution in [0.1, 0.15) is 16.5 Å². The van der Waals surface area contributed by atoms with E-state index in [1.54, 1.807) is 30.3 Å². The number of hydrazone groups is 1. The lowest BCUT2D eigenvalue weighted by Crippen LogP contribution is -2.21. The molecule has 7 heteroatoms. The van der Waals surface area contributed by atoms with E-state index in [0.717, 1.165) is 10.4 Å². The maximum atomic E-state index is 10.2. The van der Waals surface area contributed by atoms with E-state index in [0.29, 0.717) is 5.69 Å². The minimum Gasteiger partial charge on any atom is -0.383 e. The summed E-state index contributed by atoms with van der Waals surface area (Å²) >= 11 is 1.49. The summed E-state index contributed by atoms with van der Waals surface area (Å²) in [7, 11) is 0. The van der Waals surface area contributed by atoms with Gasteiger partial charge >= 0.3 is 0 Å². The van der Waals surface area contributed by atoms with Gasteiger partial charge in [0.1, 0.15) is 12.2 Å². The summed E-state index contributed by atoms with van der Waals surface area (Å²) < 4.78 is 0. The Morgan fingerprint density at radius 1 is 1.38 bits per heavy atom. The Labute approximate surface area is 125 Å². The van der Waals surface area contributed by atoms with Crippen molar-refractivity contribution in [1.82, 2.24) is 0 Å². The first kappa shape index (κ1) is 14.7. The van der Waals surface area contributed by atoms with Crippen molar-refractivity contribution in [2.75, 3.05) is 5.43 Å². The van der Waals surface area contributed by atoms with Crippen LogP contribution in [-0.4, -0.2) is 16.7 Å². The second kappa shape index (κ2) is 6.65. The average molecular weight is 299 g/mol. The van der Waals surface area contributed by atoms with Gasteiger partial charge in [-0.2, -0.15) is 10.4 Å². The summed E-state index contributed by atoms with van der Waals surface area (Å²) in [5.41, 5.74) is 9.04. The van der Waals surface area contributed by atoms with Crippen molar-refractivity contribution in [3.05, 3.63) is 52.2 Å². The van der Waals surface area contributed by atoms with Gasteiger partial charge in [0.05, 0.1) is 5.69 Å². The number of nitriles is 1. The van der Waals surface area contributed by atoms with Gasteiger partial charge in [-0.05, 0) is 29.1 Å². The van der Waals surface area contributed by atoms with Gasteiger partial charge in [0.2, 0.25) is 5.71 Å². The monoisotopic (exact) mass is 299 g/mol. The number of hydrogen-bond acceptors (Lipinski definition) is 6. The van der Waals surface area contributed by atoms with Crippen molar-refractivity contribution >= 4 is 28.6 Å². The van der Waals surface area contributed by atoms with Crippen LogP contribution in [0.25, 0.3) is 0 Å². The quantitative estimate of drug-likeness (QED) is 0.384. The largest absolute Gasteiger partial charge is 0.383 e. The molecule has 0 aliphatic rings. The standard InChI is InChI=1S/C14H13N5OS/c15-8-11(14(16)17)19-18-10-5-3-9(4-6-10)13(20)12-2-1-7-21-12/h1-7,13,18,20H,(H3,16,17)/b19-11+. The van der Waals surface area contributed by atoms with Crippen molar-refractivity contribution in [1.29, 1.82) is 10.7 Å². The topological polar surface area (TPSA) is 118 Å². The molecule has 2 aromatic rings. The molecule has 0 amide bonds. The SMILES string of the molecule is N#C/C(=N\Nc1ccc(C(O)c2cccs2)cc1)C(=N)N. The third-order valence-corrected chi connectivity index (χ3v) is 3.62. The Morgan fingerprint density at radius 2 is 2.10 bits per heavy atom. The van der Waals surface area contributed by atoms with E-state index < -0.39 is 11.9 Å². The van der Waals surface area contributed by atoms with Gasteiger partial charge in [-0.15, -0.1) is 11.3 Å². The van der Waals surface area contributed by atoms with Crippen LogP contribution >= 0.6 is 11.3 Å². The number of rotatable bonds is 5. The first-order chi connectivity index (χ1) is 10.1. The number of anilines is 1. The molecule has 21 heavy (non-hydrogen) atoms. The van der Waals surface area contributed by atoms with Crippen molar-refractivity contribution in [3.8, 4) is 6.07 Å². The summed E-state index contributed by atoms with van der Waals surface area (Å²) in [6.45, 7) is 0. The molecule has 0 bridgehead atoms. The number of benzene rings is 1. The number of thiophene rings is 1. The van der Waals surface area contributed by atoms with Crippen molar-refractivity contribution in [2.24, 2.45) is 10.8 Å². The molecule has 0 aliphatic carbocycles. The van der Waals surface area contributed by atoms with Crippen molar-refractivity contribution in [2.45, 2.75) is 6.10 Å². The molecular formula is C14H13N5OS. The number of amidine groups is 1. The Bertz CT molecular complexity index is 685. The van der Waals surface area contributed by atoms with E-state index in [-0.39, 0.29) is 5.71 Å². The first-order valence-corrected chi connectivity index (χ1v) is 6.89. The van der Waals surface area contributed by atoms with Gasteiger partial charge in [0.15, 0.2) is 5.84 Å². The molecule has 6 nitrogen and oxygen atoms in total. The molecule has 1 aromatic heterocycles. The van der Waals surface area contributed by atoms with Crippen LogP contribution in [0.15, 0.2) is 46.9 Å². The van der Waals surface area contributed by atoms with Gasteiger partial charge in [0, 0.05) is 4.88 Å². The number of nitrogens with one attached hydrogen (secondary N) is 2. The van der Waals surface area contributed by atoms with Crippen LogP contribution in [0.2, 0.25) is 0 Å². The van der Waals surface area contributed by atoms with E-state index in [9.17, 15) is 5.11 Å². The summed E-state index contributed by atoms with van der Waals surface area (Å²) in [6, 6.07) is 12.5. The first-order valence-electron chi connectivity index (χ1n) is 6.01. The smallest absolute Gasteiger partial charge is 0.201 e. The van der Waals surface area contributed by atoms with Crippen LogP contribution < -0.4 is 11.2 Å². The zero-order chi connectivity index (χ0) is 15.2. The molecule has 0 saturated heterocycles. The normalized spacial score (nSPS) is 12.5. The lowest BCUT2D eigenvalue weighted by molar-refractivity contribution is 0.224. The average Bonchev–Trinajstić information content (AvgIpc) is 3.01. The summed E-state index contributed by atoms with van der Waals surface area (Å²) in [6.07, 6.45) is -0.658. The highest BCUT2D eigenvalue weighted by molar-refractivity contribution is 7.10. The fourth-order valence-electron chi connectivity index (χ4n) is 1.62. The summed E-state index contributed by atoms with van der Waals surface area (Å²) in [4.78, 5) is 0.872. The van der Waals surface area contributed by atoms with Gasteiger partial charge in [-0.1, -0.05) is 18.2 Å².